The summed E-state index contributed by atoms with van der Waals surface area (Å²) in [5, 5.41) is 30.3. The van der Waals surface area contributed by atoms with Gasteiger partial charge in [0.15, 0.2) is 19.8 Å². The molecule has 0 unspecified atom stereocenters. The molecule has 6 N–H and O–H groups in total. The van der Waals surface area contributed by atoms with Gasteiger partial charge in [0.25, 0.3) is 0 Å². The van der Waals surface area contributed by atoms with E-state index in [0.29, 0.717) is 39.5 Å². The fourth-order valence-corrected chi connectivity index (χ4v) is 0.810. The van der Waals surface area contributed by atoms with Crippen molar-refractivity contribution in [1.82, 2.24) is 4.90 Å². The van der Waals surface area contributed by atoms with Gasteiger partial charge in [-0.1, -0.05) is 6.58 Å². The van der Waals surface area contributed by atoms with Gasteiger partial charge in [0.1, 0.15) is 0 Å². The van der Waals surface area contributed by atoms with Crippen LogP contribution in [0, 0.1) is 0 Å². The van der Waals surface area contributed by atoms with Crippen LogP contribution in [0.5, 0.6) is 0 Å². The van der Waals surface area contributed by atoms with E-state index in [4.69, 9.17) is 15.3 Å². The second-order valence-corrected chi connectivity index (χ2v) is 2.67. The third-order valence-corrected chi connectivity index (χ3v) is 1.51. The Kier molecular flexibility index (Phi) is 22.5. The number of rotatable bonds is 7. The topological polar surface area (TPSA) is 104 Å². The molecule has 0 aromatic carbocycles. The van der Waals surface area contributed by atoms with E-state index >= 15 is 0 Å². The van der Waals surface area contributed by atoms with E-state index in [0.717, 1.165) is 0 Å². The fraction of sp³-hybridized carbons (Fsp3) is 0.778. The first-order valence-electron chi connectivity index (χ1n) is 4.68. The van der Waals surface area contributed by atoms with Crippen LogP contribution < -0.4 is 5.11 Å². The summed E-state index contributed by atoms with van der Waals surface area (Å²) in [4.78, 5) is 1.98. The van der Waals surface area contributed by atoms with Gasteiger partial charge in [0.05, 0.1) is 19.6 Å². The third kappa shape index (κ3) is 19.3. The van der Waals surface area contributed by atoms with Crippen LogP contribution in [0.1, 0.15) is 0 Å². The molecule has 0 aromatic heterocycles. The monoisotopic (exact) mass is 299 g/mol. The molecule has 96 valence electrons. The van der Waals surface area contributed by atoms with Crippen molar-refractivity contribution in [2.24, 2.45) is 0 Å². The summed E-state index contributed by atoms with van der Waals surface area (Å²) in [5.41, 5.74) is 0. The van der Waals surface area contributed by atoms with Crippen molar-refractivity contribution in [3.8, 4) is 0 Å². The van der Waals surface area contributed by atoms with Crippen LogP contribution in [-0.4, -0.2) is 84.4 Å². The zero-order valence-electron chi connectivity index (χ0n) is 9.71. The molecule has 0 aliphatic rings. The molecule has 6 nitrogen and oxygen atoms in total. The first-order valence-corrected chi connectivity index (χ1v) is 4.68. The maximum absolute atomic E-state index is 9.48. The quantitative estimate of drug-likeness (QED) is 0.277. The van der Waals surface area contributed by atoms with E-state index in [1.807, 2.05) is 4.90 Å². The third-order valence-electron chi connectivity index (χ3n) is 1.51. The molecule has 0 atom stereocenters. The number of hydrogen-bond donors (Lipinski definition) is 0. The van der Waals surface area contributed by atoms with Crippen molar-refractivity contribution in [2.75, 3.05) is 46.6 Å². The summed E-state index contributed by atoms with van der Waals surface area (Å²) in [5.74, 6) is -0.495. The molecule has 0 saturated carbocycles. The van der Waals surface area contributed by atoms with Gasteiger partial charge in [-0.05, 0) is 7.11 Å². The Morgan fingerprint density at radius 3 is 1.50 bits per heavy atom. The molecule has 4 radical (unpaired) electrons. The SMILES string of the molecule is C=C([O-])OC.[Ge].[OH2+]CCN(CC[OH2+])CC[OH2+]. The van der Waals surface area contributed by atoms with Crippen molar-refractivity contribution < 1.29 is 25.2 Å². The van der Waals surface area contributed by atoms with Gasteiger partial charge >= 0.3 is 0 Å². The van der Waals surface area contributed by atoms with Crippen LogP contribution >= 0.6 is 0 Å². The predicted octanol–water partition coefficient (Wildman–Crippen LogP) is -3.45. The summed E-state index contributed by atoms with van der Waals surface area (Å²) < 4.78 is 4.00. The number of methoxy groups -OCH3 is 1. The minimum atomic E-state index is -0.495. The van der Waals surface area contributed by atoms with E-state index in [-0.39, 0.29) is 17.6 Å². The van der Waals surface area contributed by atoms with E-state index in [9.17, 15) is 5.11 Å². The Morgan fingerprint density at radius 2 is 1.38 bits per heavy atom. The van der Waals surface area contributed by atoms with E-state index < -0.39 is 5.95 Å². The number of ether oxygens (including phenoxy) is 1. The molecule has 0 saturated heterocycles. The van der Waals surface area contributed by atoms with Crippen LogP contribution in [0.2, 0.25) is 0 Å². The molecule has 16 heavy (non-hydrogen) atoms. The van der Waals surface area contributed by atoms with Gasteiger partial charge in [-0.2, -0.15) is 0 Å². The second-order valence-electron chi connectivity index (χ2n) is 2.67. The Hall–Kier alpha value is -0.277. The summed E-state index contributed by atoms with van der Waals surface area (Å²) in [6, 6.07) is 0. The van der Waals surface area contributed by atoms with Crippen LogP contribution in [0.15, 0.2) is 12.5 Å². The minimum absolute atomic E-state index is 0. The van der Waals surface area contributed by atoms with Crippen molar-refractivity contribution >= 4 is 17.6 Å². The normalized spacial score (nSPS) is 8.81. The Labute approximate surface area is 107 Å². The summed E-state index contributed by atoms with van der Waals surface area (Å²) in [7, 11) is 1.29. The largest absolute Gasteiger partial charge is 0.617 e. The molecule has 0 amide bonds. The molecular weight excluding hydrogens is 275 g/mol. The molecule has 0 rings (SSSR count). The van der Waals surface area contributed by atoms with Crippen molar-refractivity contribution in [3.05, 3.63) is 12.5 Å². The number of nitrogens with zero attached hydrogens (tertiary/aromatic N) is 1. The Morgan fingerprint density at radius 1 is 1.12 bits per heavy atom. The smallest absolute Gasteiger partial charge is 0.156 e. The molecule has 0 fully saturated rings. The van der Waals surface area contributed by atoms with E-state index in [2.05, 4.69) is 11.3 Å². The first kappa shape index (κ1) is 21.1. The van der Waals surface area contributed by atoms with Gasteiger partial charge < -0.3 is 25.2 Å². The molecule has 0 spiro atoms. The van der Waals surface area contributed by atoms with Crippen molar-refractivity contribution in [3.63, 3.8) is 0 Å². The molecule has 0 heterocycles. The van der Waals surface area contributed by atoms with Gasteiger partial charge in [-0.25, -0.2) is 0 Å². The van der Waals surface area contributed by atoms with Gasteiger partial charge in [0.2, 0.25) is 0 Å². The maximum Gasteiger partial charge on any atom is 0.156 e. The van der Waals surface area contributed by atoms with Crippen LogP contribution in [0.25, 0.3) is 0 Å². The number of hydrogen-bond acceptors (Lipinski definition) is 3. The average molecular weight is 298 g/mol. The zero-order valence-corrected chi connectivity index (χ0v) is 11.8. The zero-order chi connectivity index (χ0) is 12.1. The molecule has 0 aromatic rings. The van der Waals surface area contributed by atoms with Crippen LogP contribution in [-0.2, 0) is 4.74 Å². The van der Waals surface area contributed by atoms with Crippen molar-refractivity contribution in [1.29, 1.82) is 0 Å². The summed E-state index contributed by atoms with van der Waals surface area (Å²) in [6.07, 6.45) is 0. The van der Waals surface area contributed by atoms with Gasteiger partial charge in [-0.15, -0.1) is 0 Å². The molecule has 7 heteroatoms. The van der Waals surface area contributed by atoms with Crippen LogP contribution in [0.4, 0.5) is 0 Å². The molecular formula is C9H23GeNO5+2. The molecule has 0 aliphatic heterocycles. The van der Waals surface area contributed by atoms with Gasteiger partial charge in [-0.3, -0.25) is 4.90 Å². The van der Waals surface area contributed by atoms with Crippen LogP contribution in [0.3, 0.4) is 0 Å². The fourth-order valence-electron chi connectivity index (χ4n) is 0.810. The summed E-state index contributed by atoms with van der Waals surface area (Å²) in [6.45, 7) is 6.14. The van der Waals surface area contributed by atoms with E-state index in [1.165, 1.54) is 7.11 Å². The molecule has 0 bridgehead atoms. The Bertz CT molecular complexity index is 134. The summed E-state index contributed by atoms with van der Waals surface area (Å²) >= 11 is 0. The standard InChI is InChI=1S/C6H15NO3.C3H6O2.Ge/c8-4-1-7(2-5-9)3-6-10;1-3(4)5-2;/h8-10H,1-6H2;4H,1H2,2H3;/p+2. The second kappa shape index (κ2) is 17.1. The van der Waals surface area contributed by atoms with Crippen molar-refractivity contribution in [2.45, 2.75) is 0 Å². The Balaban J connectivity index is -0.000000242. The van der Waals surface area contributed by atoms with Gasteiger partial charge in [0, 0.05) is 23.5 Å². The molecule has 0 aliphatic carbocycles. The van der Waals surface area contributed by atoms with E-state index in [1.54, 1.807) is 0 Å². The first-order chi connectivity index (χ1) is 7.12. The predicted molar refractivity (Wildman–Crippen MR) is 63.8 cm³/mol. The maximum atomic E-state index is 9.48. The minimum Gasteiger partial charge on any atom is -0.617 e. The average Bonchev–Trinajstić information content (AvgIpc) is 2.20.